The molecule has 0 aromatic heterocycles. The molecule has 0 unspecified atom stereocenters. The van der Waals surface area contributed by atoms with Crippen molar-refractivity contribution in [3.63, 3.8) is 0 Å². The first-order valence-corrected chi connectivity index (χ1v) is 10.6. The minimum absolute atomic E-state index is 0.0141. The Kier molecular flexibility index (Phi) is 5.32. The molecule has 1 saturated heterocycles. The summed E-state index contributed by atoms with van der Waals surface area (Å²) >= 11 is 0. The van der Waals surface area contributed by atoms with Crippen LogP contribution < -0.4 is 14.2 Å². The van der Waals surface area contributed by atoms with E-state index in [0.29, 0.717) is 25.3 Å². The predicted molar refractivity (Wildman–Crippen MR) is 114 cm³/mol. The molecule has 156 valence electrons. The van der Waals surface area contributed by atoms with Gasteiger partial charge in [-0.25, -0.2) is 0 Å². The van der Waals surface area contributed by atoms with Crippen LogP contribution in [0.1, 0.15) is 24.0 Å². The Labute approximate surface area is 176 Å². The minimum Gasteiger partial charge on any atom is -0.488 e. The van der Waals surface area contributed by atoms with E-state index >= 15 is 0 Å². The molecule has 1 amide bonds. The number of nitrogens with zero attached hydrogens (tertiary/aromatic N) is 2. The first-order chi connectivity index (χ1) is 14.8. The van der Waals surface area contributed by atoms with Crippen LogP contribution in [0.15, 0.2) is 48.0 Å². The van der Waals surface area contributed by atoms with Crippen molar-refractivity contribution in [3.8, 4) is 17.2 Å². The van der Waals surface area contributed by atoms with Crippen molar-refractivity contribution in [1.29, 1.82) is 0 Å². The average molecular weight is 406 g/mol. The van der Waals surface area contributed by atoms with E-state index in [-0.39, 0.29) is 12.7 Å². The first kappa shape index (κ1) is 19.0. The maximum absolute atomic E-state index is 13.5. The number of fused-ring (bicyclic) bond motifs is 2. The second-order valence-corrected chi connectivity index (χ2v) is 7.92. The third-order valence-corrected chi connectivity index (χ3v) is 5.92. The van der Waals surface area contributed by atoms with E-state index in [1.165, 1.54) is 12.8 Å². The molecule has 2 aromatic carbocycles. The molecule has 0 atom stereocenters. The van der Waals surface area contributed by atoms with Gasteiger partial charge in [0, 0.05) is 30.8 Å². The van der Waals surface area contributed by atoms with Crippen molar-refractivity contribution < 1.29 is 19.0 Å². The van der Waals surface area contributed by atoms with Crippen LogP contribution in [0, 0.1) is 0 Å². The zero-order valence-electron chi connectivity index (χ0n) is 17.0. The molecule has 0 N–H and O–H groups in total. The van der Waals surface area contributed by atoms with Crippen LogP contribution in [0.3, 0.4) is 0 Å². The fraction of sp³-hybridized carbons (Fsp3) is 0.375. The number of hydrogen-bond acceptors (Lipinski definition) is 5. The summed E-state index contributed by atoms with van der Waals surface area (Å²) < 4.78 is 17.0. The van der Waals surface area contributed by atoms with Gasteiger partial charge in [-0.15, -0.1) is 0 Å². The third-order valence-electron chi connectivity index (χ3n) is 5.92. The minimum atomic E-state index is 0.0141. The number of ether oxygens (including phenoxy) is 3. The highest BCUT2D eigenvalue weighted by molar-refractivity contribution is 5.99. The normalized spacial score (nSPS) is 17.3. The molecule has 6 heteroatoms. The zero-order valence-corrected chi connectivity index (χ0v) is 17.0. The number of likely N-dealkylation sites (tertiary alicyclic amines) is 1. The number of amides is 1. The number of rotatable bonds is 6. The fourth-order valence-electron chi connectivity index (χ4n) is 4.28. The van der Waals surface area contributed by atoms with Crippen LogP contribution in [-0.2, 0) is 11.3 Å². The Balaban J connectivity index is 1.39. The summed E-state index contributed by atoms with van der Waals surface area (Å²) in [7, 11) is 0. The summed E-state index contributed by atoms with van der Waals surface area (Å²) in [5.41, 5.74) is 2.60. The Bertz CT molecular complexity index is 965. The molecule has 3 aliphatic rings. The van der Waals surface area contributed by atoms with Gasteiger partial charge in [-0.2, -0.15) is 0 Å². The molecule has 3 aliphatic heterocycles. The highest BCUT2D eigenvalue weighted by Gasteiger charge is 2.26. The van der Waals surface area contributed by atoms with Crippen molar-refractivity contribution in [1.82, 2.24) is 9.80 Å². The first-order valence-electron chi connectivity index (χ1n) is 10.6. The summed E-state index contributed by atoms with van der Waals surface area (Å²) in [5.74, 6) is 2.33. The predicted octanol–water partition coefficient (Wildman–Crippen LogP) is 3.32. The highest BCUT2D eigenvalue weighted by atomic mass is 16.7. The van der Waals surface area contributed by atoms with Gasteiger partial charge in [0.05, 0.1) is 5.57 Å². The van der Waals surface area contributed by atoms with Crippen LogP contribution in [0.25, 0.3) is 6.08 Å². The lowest BCUT2D eigenvalue weighted by atomic mass is 10.1. The SMILES string of the molecule is O=C(C1=Cc2ccccc2OC1)N(CCN1CCCC1)Cc1cccc2c1OCO2. The number of hydrogen-bond donors (Lipinski definition) is 0. The van der Waals surface area contributed by atoms with Gasteiger partial charge in [0.2, 0.25) is 6.79 Å². The van der Waals surface area contributed by atoms with E-state index in [1.54, 1.807) is 0 Å². The summed E-state index contributed by atoms with van der Waals surface area (Å²) in [6.07, 6.45) is 4.43. The van der Waals surface area contributed by atoms with Gasteiger partial charge in [0.1, 0.15) is 12.4 Å². The molecule has 5 rings (SSSR count). The van der Waals surface area contributed by atoms with Crippen LogP contribution in [0.4, 0.5) is 0 Å². The van der Waals surface area contributed by atoms with Gasteiger partial charge in [-0.3, -0.25) is 4.79 Å². The highest BCUT2D eigenvalue weighted by Crippen LogP contribution is 2.36. The third kappa shape index (κ3) is 3.87. The molecule has 30 heavy (non-hydrogen) atoms. The van der Waals surface area contributed by atoms with E-state index in [2.05, 4.69) is 4.90 Å². The molecule has 6 nitrogen and oxygen atoms in total. The van der Waals surface area contributed by atoms with Gasteiger partial charge >= 0.3 is 0 Å². The van der Waals surface area contributed by atoms with Gasteiger partial charge in [-0.05, 0) is 44.1 Å². The van der Waals surface area contributed by atoms with E-state index in [4.69, 9.17) is 14.2 Å². The van der Waals surface area contributed by atoms with Crippen molar-refractivity contribution in [3.05, 3.63) is 59.2 Å². The van der Waals surface area contributed by atoms with Crippen molar-refractivity contribution in [2.45, 2.75) is 19.4 Å². The van der Waals surface area contributed by atoms with E-state index in [1.807, 2.05) is 53.4 Å². The maximum atomic E-state index is 13.5. The number of carbonyl (C=O) groups is 1. The largest absolute Gasteiger partial charge is 0.488 e. The molecular weight excluding hydrogens is 380 g/mol. The Morgan fingerprint density at radius 3 is 2.70 bits per heavy atom. The second kappa shape index (κ2) is 8.40. The Morgan fingerprint density at radius 1 is 0.967 bits per heavy atom. The molecular formula is C24H26N2O4. The van der Waals surface area contributed by atoms with E-state index in [0.717, 1.165) is 48.0 Å². The van der Waals surface area contributed by atoms with Crippen molar-refractivity contribution in [2.24, 2.45) is 0 Å². The fourth-order valence-corrected chi connectivity index (χ4v) is 4.28. The monoisotopic (exact) mass is 406 g/mol. The smallest absolute Gasteiger partial charge is 0.253 e. The second-order valence-electron chi connectivity index (χ2n) is 7.92. The molecule has 2 aromatic rings. The molecule has 3 heterocycles. The molecule has 0 spiro atoms. The standard InChI is InChI=1S/C24H26N2O4/c27-24(20-14-18-6-1-2-8-21(18)28-16-20)26(13-12-25-10-3-4-11-25)15-19-7-5-9-22-23(19)30-17-29-22/h1-2,5-9,14H,3-4,10-13,15-17H2. The van der Waals surface area contributed by atoms with E-state index in [9.17, 15) is 4.79 Å². The van der Waals surface area contributed by atoms with Gasteiger partial charge in [0.25, 0.3) is 5.91 Å². The zero-order chi connectivity index (χ0) is 20.3. The molecule has 0 saturated carbocycles. The molecule has 0 aliphatic carbocycles. The Hall–Kier alpha value is -2.99. The number of benzene rings is 2. The van der Waals surface area contributed by atoms with Crippen LogP contribution in [-0.4, -0.2) is 55.3 Å². The van der Waals surface area contributed by atoms with E-state index < -0.39 is 0 Å². The van der Waals surface area contributed by atoms with Gasteiger partial charge in [0.15, 0.2) is 11.5 Å². The molecule has 0 radical (unpaired) electrons. The summed E-state index contributed by atoms with van der Waals surface area (Å²) in [6, 6.07) is 13.7. The quantitative estimate of drug-likeness (QED) is 0.737. The van der Waals surface area contributed by atoms with Crippen LogP contribution in [0.5, 0.6) is 17.2 Å². The van der Waals surface area contributed by atoms with Gasteiger partial charge < -0.3 is 24.0 Å². The lowest BCUT2D eigenvalue weighted by molar-refractivity contribution is -0.128. The van der Waals surface area contributed by atoms with Crippen LogP contribution in [0.2, 0.25) is 0 Å². The van der Waals surface area contributed by atoms with Crippen molar-refractivity contribution >= 4 is 12.0 Å². The topological polar surface area (TPSA) is 51.2 Å². The summed E-state index contributed by atoms with van der Waals surface area (Å²) in [4.78, 5) is 17.8. The number of carbonyl (C=O) groups excluding carboxylic acids is 1. The lowest BCUT2D eigenvalue weighted by Gasteiger charge is -2.28. The maximum Gasteiger partial charge on any atom is 0.253 e. The Morgan fingerprint density at radius 2 is 1.80 bits per heavy atom. The molecule has 1 fully saturated rings. The van der Waals surface area contributed by atoms with Crippen molar-refractivity contribution in [2.75, 3.05) is 39.6 Å². The van der Waals surface area contributed by atoms with Gasteiger partial charge in [-0.1, -0.05) is 30.3 Å². The lowest BCUT2D eigenvalue weighted by Crippen LogP contribution is -2.39. The average Bonchev–Trinajstić information content (AvgIpc) is 3.48. The van der Waals surface area contributed by atoms with Crippen LogP contribution >= 0.6 is 0 Å². The number of para-hydroxylation sites is 2. The summed E-state index contributed by atoms with van der Waals surface area (Å²) in [6.45, 7) is 4.77. The summed E-state index contributed by atoms with van der Waals surface area (Å²) in [5, 5.41) is 0. The molecule has 0 bridgehead atoms.